The summed E-state index contributed by atoms with van der Waals surface area (Å²) in [5.41, 5.74) is 1.36. The average Bonchev–Trinajstić information content (AvgIpc) is 2.86. The van der Waals surface area contributed by atoms with Crippen molar-refractivity contribution in [2.24, 2.45) is 0 Å². The monoisotopic (exact) mass is 344 g/mol. The first kappa shape index (κ1) is 16.0. The predicted octanol–water partition coefficient (Wildman–Crippen LogP) is 6.18. The molecule has 0 aliphatic rings. The van der Waals surface area contributed by atoms with Gasteiger partial charge in [0.25, 0.3) is 0 Å². The first-order valence-electron chi connectivity index (χ1n) is 7.36. The van der Waals surface area contributed by atoms with Gasteiger partial charge in [0.15, 0.2) is 0 Å². The Labute approximate surface area is 144 Å². The molecule has 0 spiro atoms. The molecule has 3 aromatic rings. The van der Waals surface area contributed by atoms with Gasteiger partial charge in [-0.15, -0.1) is 11.3 Å². The minimum atomic E-state index is -0.523. The Hall–Kier alpha value is -1.84. The van der Waals surface area contributed by atoms with E-state index in [4.69, 9.17) is 16.3 Å². The summed E-state index contributed by atoms with van der Waals surface area (Å²) in [6.45, 7) is 5.63. The Morgan fingerprint density at radius 2 is 1.70 bits per heavy atom. The Bertz CT molecular complexity index is 857. The summed E-state index contributed by atoms with van der Waals surface area (Å²) < 4.78 is 6.65. The van der Waals surface area contributed by atoms with Crippen LogP contribution in [0, 0.1) is 0 Å². The van der Waals surface area contributed by atoms with E-state index in [0.29, 0.717) is 9.90 Å². The molecule has 0 N–H and O–H groups in total. The van der Waals surface area contributed by atoms with E-state index in [1.807, 2.05) is 69.3 Å². The van der Waals surface area contributed by atoms with Crippen LogP contribution in [0.4, 0.5) is 0 Å². The Morgan fingerprint density at radius 1 is 1.04 bits per heavy atom. The second kappa shape index (κ2) is 5.99. The number of halogens is 1. The van der Waals surface area contributed by atoms with E-state index in [1.165, 1.54) is 11.3 Å². The van der Waals surface area contributed by atoms with Crippen molar-refractivity contribution in [3.63, 3.8) is 0 Å². The molecule has 0 radical (unpaired) electrons. The maximum Gasteiger partial charge on any atom is 0.349 e. The summed E-state index contributed by atoms with van der Waals surface area (Å²) >= 11 is 7.46. The van der Waals surface area contributed by atoms with Gasteiger partial charge in [-0.25, -0.2) is 4.79 Å². The van der Waals surface area contributed by atoms with Crippen LogP contribution in [0.5, 0.6) is 0 Å². The van der Waals surface area contributed by atoms with E-state index in [2.05, 4.69) is 0 Å². The largest absolute Gasteiger partial charge is 0.456 e. The highest BCUT2D eigenvalue weighted by atomic mass is 35.5. The first-order chi connectivity index (χ1) is 10.8. The van der Waals surface area contributed by atoms with Crippen LogP contribution in [0.2, 0.25) is 5.02 Å². The van der Waals surface area contributed by atoms with Crippen LogP contribution in [-0.4, -0.2) is 11.6 Å². The molecule has 23 heavy (non-hydrogen) atoms. The van der Waals surface area contributed by atoms with Crippen LogP contribution in [0.25, 0.3) is 21.2 Å². The third kappa shape index (κ3) is 3.41. The van der Waals surface area contributed by atoms with Gasteiger partial charge in [-0.05, 0) is 44.5 Å². The molecule has 1 heterocycles. The van der Waals surface area contributed by atoms with Gasteiger partial charge in [0.2, 0.25) is 0 Å². The number of fused-ring (bicyclic) bond motifs is 1. The Kier molecular flexibility index (Phi) is 4.17. The van der Waals surface area contributed by atoms with Crippen LogP contribution >= 0.6 is 22.9 Å². The zero-order valence-electron chi connectivity index (χ0n) is 13.2. The zero-order valence-corrected chi connectivity index (χ0v) is 14.8. The Morgan fingerprint density at radius 3 is 2.35 bits per heavy atom. The number of benzene rings is 2. The van der Waals surface area contributed by atoms with Gasteiger partial charge in [0.05, 0.1) is 0 Å². The number of thiophene rings is 1. The maximum absolute atomic E-state index is 12.7. The number of esters is 1. The van der Waals surface area contributed by atoms with Crippen molar-refractivity contribution in [1.82, 2.24) is 0 Å². The van der Waals surface area contributed by atoms with Gasteiger partial charge < -0.3 is 4.74 Å². The summed E-state index contributed by atoms with van der Waals surface area (Å²) in [6.07, 6.45) is 0. The van der Waals surface area contributed by atoms with E-state index in [0.717, 1.165) is 21.2 Å². The number of carbonyl (C=O) groups excluding carboxylic acids is 1. The summed E-state index contributed by atoms with van der Waals surface area (Å²) in [5, 5.41) is 1.73. The molecule has 2 aromatic carbocycles. The summed E-state index contributed by atoms with van der Waals surface area (Å²) in [4.78, 5) is 13.3. The van der Waals surface area contributed by atoms with Crippen molar-refractivity contribution >= 4 is 39.0 Å². The molecule has 0 saturated heterocycles. The highest BCUT2D eigenvalue weighted by molar-refractivity contribution is 7.21. The van der Waals surface area contributed by atoms with Crippen LogP contribution in [-0.2, 0) is 4.74 Å². The first-order valence-corrected chi connectivity index (χ1v) is 8.55. The minimum absolute atomic E-state index is 0.288. The molecule has 0 unspecified atom stereocenters. The second-order valence-electron chi connectivity index (χ2n) is 6.31. The highest BCUT2D eigenvalue weighted by Crippen LogP contribution is 2.39. The maximum atomic E-state index is 12.7. The normalized spacial score (nSPS) is 11.7. The molecular weight excluding hydrogens is 328 g/mol. The lowest BCUT2D eigenvalue weighted by Gasteiger charge is -2.19. The molecular formula is C19H17ClO2S. The average molecular weight is 345 g/mol. The van der Waals surface area contributed by atoms with E-state index in [1.54, 1.807) is 0 Å². The number of rotatable bonds is 2. The zero-order chi connectivity index (χ0) is 16.6. The molecule has 0 fully saturated rings. The van der Waals surface area contributed by atoms with Crippen LogP contribution < -0.4 is 0 Å². The van der Waals surface area contributed by atoms with E-state index in [-0.39, 0.29) is 5.97 Å². The second-order valence-corrected chi connectivity index (χ2v) is 7.80. The highest BCUT2D eigenvalue weighted by Gasteiger charge is 2.24. The fraction of sp³-hybridized carbons (Fsp3) is 0.211. The minimum Gasteiger partial charge on any atom is -0.456 e. The molecule has 3 rings (SSSR count). The van der Waals surface area contributed by atoms with Crippen LogP contribution in [0.15, 0.2) is 48.5 Å². The summed E-state index contributed by atoms with van der Waals surface area (Å²) in [7, 11) is 0. The fourth-order valence-corrected chi connectivity index (χ4v) is 3.64. The van der Waals surface area contributed by atoms with Gasteiger partial charge in [-0.1, -0.05) is 41.9 Å². The van der Waals surface area contributed by atoms with Gasteiger partial charge in [0.1, 0.15) is 10.5 Å². The van der Waals surface area contributed by atoms with Crippen molar-refractivity contribution in [3.05, 3.63) is 58.4 Å². The molecule has 0 bridgehead atoms. The number of ether oxygens (including phenoxy) is 1. The third-order valence-corrected chi connectivity index (χ3v) is 4.72. The molecule has 0 aliphatic heterocycles. The SMILES string of the molecule is CC(C)(C)OC(=O)c1sc2ccccc2c1-c1ccc(Cl)cc1. The van der Waals surface area contributed by atoms with E-state index in [9.17, 15) is 4.79 Å². The molecule has 0 saturated carbocycles. The Balaban J connectivity index is 2.19. The number of hydrogen-bond acceptors (Lipinski definition) is 3. The topological polar surface area (TPSA) is 26.3 Å². The van der Waals surface area contributed by atoms with Gasteiger partial charge >= 0.3 is 5.97 Å². The molecule has 0 amide bonds. The van der Waals surface area contributed by atoms with E-state index < -0.39 is 5.60 Å². The van der Waals surface area contributed by atoms with E-state index >= 15 is 0 Å². The number of hydrogen-bond donors (Lipinski definition) is 0. The van der Waals surface area contributed by atoms with Crippen molar-refractivity contribution in [2.45, 2.75) is 26.4 Å². The smallest absolute Gasteiger partial charge is 0.349 e. The standard InChI is InChI=1S/C19H17ClO2S/c1-19(2,3)22-18(21)17-16(12-8-10-13(20)11-9-12)14-6-4-5-7-15(14)23-17/h4-11H,1-3H3. The van der Waals surface area contributed by atoms with Crippen molar-refractivity contribution in [2.75, 3.05) is 0 Å². The van der Waals surface area contributed by atoms with Gasteiger partial charge in [-0.2, -0.15) is 0 Å². The molecule has 0 aliphatic carbocycles. The molecule has 4 heteroatoms. The van der Waals surface area contributed by atoms with Gasteiger partial charge in [-0.3, -0.25) is 0 Å². The lowest BCUT2D eigenvalue weighted by atomic mass is 10.0. The van der Waals surface area contributed by atoms with Crippen molar-refractivity contribution in [3.8, 4) is 11.1 Å². The van der Waals surface area contributed by atoms with Crippen LogP contribution in [0.3, 0.4) is 0 Å². The molecule has 1 aromatic heterocycles. The third-order valence-electron chi connectivity index (χ3n) is 3.31. The lowest BCUT2D eigenvalue weighted by molar-refractivity contribution is 0.00761. The molecule has 2 nitrogen and oxygen atoms in total. The van der Waals surface area contributed by atoms with Crippen LogP contribution in [0.1, 0.15) is 30.4 Å². The van der Waals surface area contributed by atoms with Gasteiger partial charge in [0, 0.05) is 20.7 Å². The van der Waals surface area contributed by atoms with Crippen molar-refractivity contribution < 1.29 is 9.53 Å². The van der Waals surface area contributed by atoms with Crippen molar-refractivity contribution in [1.29, 1.82) is 0 Å². The molecule has 0 atom stereocenters. The lowest BCUT2D eigenvalue weighted by Crippen LogP contribution is -2.23. The predicted molar refractivity (Wildman–Crippen MR) is 97.4 cm³/mol. The number of carbonyl (C=O) groups is 1. The summed E-state index contributed by atoms with van der Waals surface area (Å²) in [6, 6.07) is 15.5. The molecule has 118 valence electrons. The fourth-order valence-electron chi connectivity index (χ4n) is 2.42. The quantitative estimate of drug-likeness (QED) is 0.519. The summed E-state index contributed by atoms with van der Waals surface area (Å²) in [5.74, 6) is -0.288.